The van der Waals surface area contributed by atoms with Crippen molar-refractivity contribution >= 4 is 46.6 Å². The van der Waals surface area contributed by atoms with E-state index in [1.165, 1.54) is 19.2 Å². The van der Waals surface area contributed by atoms with E-state index in [-0.39, 0.29) is 36.3 Å². The van der Waals surface area contributed by atoms with Gasteiger partial charge in [-0.05, 0) is 56.2 Å². The summed E-state index contributed by atoms with van der Waals surface area (Å²) in [5.41, 5.74) is 3.42. The molecule has 0 aliphatic carbocycles. The molecule has 272 valence electrons. The van der Waals surface area contributed by atoms with Gasteiger partial charge in [-0.1, -0.05) is 42.5 Å². The number of amides is 1. The molecule has 1 saturated heterocycles. The maximum Gasteiger partial charge on any atom is 0.410 e. The van der Waals surface area contributed by atoms with E-state index in [9.17, 15) is 14.0 Å². The van der Waals surface area contributed by atoms with Crippen molar-refractivity contribution in [3.63, 3.8) is 0 Å². The second-order valence-electron chi connectivity index (χ2n) is 13.5. The Morgan fingerprint density at radius 3 is 2.37 bits per heavy atom. The van der Waals surface area contributed by atoms with E-state index < -0.39 is 17.6 Å². The van der Waals surface area contributed by atoms with E-state index in [1.807, 2.05) is 75.4 Å². The molecule has 0 saturated carbocycles. The predicted octanol–water partition coefficient (Wildman–Crippen LogP) is 5.49. The molecule has 3 aromatic carbocycles. The number of piperazine rings is 1. The van der Waals surface area contributed by atoms with Crippen molar-refractivity contribution in [1.29, 1.82) is 0 Å². The molecule has 0 radical (unpaired) electrons. The molecule has 6 rings (SSSR count). The van der Waals surface area contributed by atoms with Gasteiger partial charge in [-0.15, -0.1) is 0 Å². The number of aromatic nitrogens is 5. The number of fused-ring (bicyclic) bond motifs is 1. The zero-order valence-corrected chi connectivity index (χ0v) is 29.6. The molecule has 0 bridgehead atoms. The van der Waals surface area contributed by atoms with Crippen LogP contribution in [-0.2, 0) is 33.8 Å². The van der Waals surface area contributed by atoms with Crippen LogP contribution in [-0.4, -0.2) is 91.7 Å². The lowest BCUT2D eigenvalue weighted by Crippen LogP contribution is -2.49. The number of carbonyl (C=O) groups excluding carboxylic acids is 2. The molecular formula is C37H43FN10O4. The van der Waals surface area contributed by atoms with Crippen LogP contribution in [0, 0.1) is 5.82 Å². The smallest absolute Gasteiger partial charge is 0.410 e. The van der Waals surface area contributed by atoms with Gasteiger partial charge in [0.05, 0.1) is 24.7 Å². The minimum atomic E-state index is -0.778. The van der Waals surface area contributed by atoms with E-state index in [0.717, 1.165) is 29.9 Å². The third-order valence-corrected chi connectivity index (χ3v) is 8.23. The number of hydrogen-bond acceptors (Lipinski definition) is 12. The Labute approximate surface area is 301 Å². The van der Waals surface area contributed by atoms with Crippen LogP contribution < -0.4 is 16.0 Å². The minimum Gasteiger partial charge on any atom is -0.467 e. The Morgan fingerprint density at radius 2 is 1.62 bits per heavy atom. The number of H-pyrrole nitrogens is 1. The summed E-state index contributed by atoms with van der Waals surface area (Å²) >= 11 is 0. The zero-order valence-electron chi connectivity index (χ0n) is 29.6. The van der Waals surface area contributed by atoms with Crippen LogP contribution in [0.15, 0.2) is 72.8 Å². The van der Waals surface area contributed by atoms with Crippen LogP contribution in [0.1, 0.15) is 37.7 Å². The molecule has 2 aromatic heterocycles. The molecule has 4 N–H and O–H groups in total. The summed E-state index contributed by atoms with van der Waals surface area (Å²) in [6.45, 7) is 9.12. The van der Waals surface area contributed by atoms with E-state index in [1.54, 1.807) is 11.0 Å². The number of ether oxygens (including phenoxy) is 2. The molecular weight excluding hydrogens is 667 g/mol. The highest BCUT2D eigenvalue weighted by atomic mass is 19.1. The number of nitrogens with zero attached hydrogens (tertiary/aromatic N) is 6. The number of hydrogen-bond donors (Lipinski definition) is 4. The Bertz CT molecular complexity index is 1990. The average Bonchev–Trinajstić information content (AvgIpc) is 3.52. The standard InChI is InChI=1S/C37H43FN10O4/c1-37(2,3)52-36(50)48-17-15-47(16-18-48)23-25-11-8-12-27(19-25)40-34-44-33(39-22-31-41-28-14-13-26(38)21-29(28)42-31)45-35(46-34)43-30(32(49)51-4)20-24-9-6-5-7-10-24/h5-14,19,21,30H,15-18,20,22-23H2,1-4H3,(H,41,42)(H3,39,40,43,44,45,46)/t30-/m0/s1. The van der Waals surface area contributed by atoms with Crippen LogP contribution in [0.5, 0.6) is 0 Å². The zero-order chi connectivity index (χ0) is 36.7. The van der Waals surface area contributed by atoms with Gasteiger partial charge in [-0.25, -0.2) is 19.0 Å². The lowest BCUT2D eigenvalue weighted by molar-refractivity contribution is -0.141. The van der Waals surface area contributed by atoms with Crippen molar-refractivity contribution in [1.82, 2.24) is 34.7 Å². The summed E-state index contributed by atoms with van der Waals surface area (Å²) < 4.78 is 24.4. The number of carbonyl (C=O) groups is 2. The van der Waals surface area contributed by atoms with Crippen LogP contribution in [0.2, 0.25) is 0 Å². The largest absolute Gasteiger partial charge is 0.467 e. The topological polar surface area (TPSA) is 163 Å². The van der Waals surface area contributed by atoms with Crippen molar-refractivity contribution in [2.24, 2.45) is 0 Å². The maximum atomic E-state index is 13.8. The maximum absolute atomic E-state index is 13.8. The lowest BCUT2D eigenvalue weighted by Gasteiger charge is -2.35. The van der Waals surface area contributed by atoms with Crippen LogP contribution in [0.3, 0.4) is 0 Å². The van der Waals surface area contributed by atoms with Gasteiger partial charge < -0.3 is 35.3 Å². The first-order valence-corrected chi connectivity index (χ1v) is 17.1. The van der Waals surface area contributed by atoms with E-state index >= 15 is 0 Å². The molecule has 14 nitrogen and oxygen atoms in total. The summed E-state index contributed by atoms with van der Waals surface area (Å²) in [5.74, 6) is 0.315. The molecule has 15 heteroatoms. The monoisotopic (exact) mass is 710 g/mol. The lowest BCUT2D eigenvalue weighted by atomic mass is 10.1. The second-order valence-corrected chi connectivity index (χ2v) is 13.5. The fraction of sp³-hybridized carbons (Fsp3) is 0.351. The van der Waals surface area contributed by atoms with Gasteiger partial charge in [0.25, 0.3) is 0 Å². The second kappa shape index (κ2) is 16.0. The number of rotatable bonds is 12. The number of esters is 1. The van der Waals surface area contributed by atoms with E-state index in [4.69, 9.17) is 9.47 Å². The molecule has 0 unspecified atom stereocenters. The van der Waals surface area contributed by atoms with Gasteiger partial charge in [0, 0.05) is 50.9 Å². The quantitative estimate of drug-likeness (QED) is 0.121. The minimum absolute atomic E-state index is 0.150. The van der Waals surface area contributed by atoms with Gasteiger partial charge >= 0.3 is 12.1 Å². The Kier molecular flexibility index (Phi) is 11.1. The Morgan fingerprint density at radius 1 is 0.885 bits per heavy atom. The summed E-state index contributed by atoms with van der Waals surface area (Å²) in [4.78, 5) is 50.8. The molecule has 1 amide bonds. The third-order valence-electron chi connectivity index (χ3n) is 8.23. The number of aromatic amines is 1. The van der Waals surface area contributed by atoms with Crippen molar-refractivity contribution in [3.05, 3.63) is 95.6 Å². The normalized spacial score (nSPS) is 14.1. The fourth-order valence-electron chi connectivity index (χ4n) is 5.74. The van der Waals surface area contributed by atoms with Crippen molar-refractivity contribution < 1.29 is 23.5 Å². The first-order valence-electron chi connectivity index (χ1n) is 17.1. The predicted molar refractivity (Wildman–Crippen MR) is 196 cm³/mol. The summed E-state index contributed by atoms with van der Waals surface area (Å²) in [6, 6.07) is 21.1. The van der Waals surface area contributed by atoms with E-state index in [2.05, 4.69) is 45.8 Å². The third kappa shape index (κ3) is 9.90. The summed E-state index contributed by atoms with van der Waals surface area (Å²) in [5, 5.41) is 9.59. The molecule has 1 fully saturated rings. The number of halogens is 1. The number of imidazole rings is 1. The van der Waals surface area contributed by atoms with Crippen LogP contribution in [0.4, 0.5) is 32.7 Å². The molecule has 0 spiro atoms. The van der Waals surface area contributed by atoms with Crippen molar-refractivity contribution in [2.75, 3.05) is 49.2 Å². The highest BCUT2D eigenvalue weighted by Gasteiger charge is 2.26. The average molecular weight is 711 g/mol. The van der Waals surface area contributed by atoms with Gasteiger partial charge in [0.15, 0.2) is 0 Å². The fourth-order valence-corrected chi connectivity index (χ4v) is 5.74. The van der Waals surface area contributed by atoms with Gasteiger partial charge in [0.2, 0.25) is 17.8 Å². The molecule has 1 atom stereocenters. The Hall–Kier alpha value is -5.83. The molecule has 52 heavy (non-hydrogen) atoms. The van der Waals surface area contributed by atoms with Gasteiger partial charge in [-0.2, -0.15) is 15.0 Å². The van der Waals surface area contributed by atoms with Crippen LogP contribution in [0.25, 0.3) is 11.0 Å². The number of benzene rings is 3. The summed E-state index contributed by atoms with van der Waals surface area (Å²) in [6.07, 6.45) is 0.0540. The number of anilines is 4. The molecule has 3 heterocycles. The Balaban J connectivity index is 1.18. The molecule has 1 aliphatic heterocycles. The van der Waals surface area contributed by atoms with Crippen molar-refractivity contribution in [2.45, 2.75) is 51.9 Å². The van der Waals surface area contributed by atoms with Crippen molar-refractivity contribution in [3.8, 4) is 0 Å². The number of methoxy groups -OCH3 is 1. The first kappa shape index (κ1) is 36.0. The first-order chi connectivity index (χ1) is 25.0. The van der Waals surface area contributed by atoms with Crippen LogP contribution >= 0.6 is 0 Å². The SMILES string of the molecule is COC(=O)[C@H](Cc1ccccc1)Nc1nc(NCc2nc3cc(F)ccc3[nH]2)nc(Nc2cccc(CN3CCN(C(=O)OC(C)(C)C)CC3)c2)n1. The summed E-state index contributed by atoms with van der Waals surface area (Å²) in [7, 11) is 1.34. The van der Waals surface area contributed by atoms with Gasteiger partial charge in [0.1, 0.15) is 23.3 Å². The van der Waals surface area contributed by atoms with Gasteiger partial charge in [-0.3, -0.25) is 4.90 Å². The molecule has 5 aromatic rings. The molecule has 1 aliphatic rings. The highest BCUT2D eigenvalue weighted by molar-refractivity contribution is 5.79. The number of nitrogens with one attached hydrogen (secondary N) is 4. The van der Waals surface area contributed by atoms with E-state index in [0.29, 0.717) is 42.9 Å². The highest BCUT2D eigenvalue weighted by Crippen LogP contribution is 2.21.